The molecule has 0 radical (unpaired) electrons. The minimum absolute atomic E-state index is 0.162. The zero-order valence-electron chi connectivity index (χ0n) is 9.81. The van der Waals surface area contributed by atoms with Crippen molar-refractivity contribution in [2.45, 2.75) is 19.9 Å². The number of aromatic nitrogens is 2. The Morgan fingerprint density at radius 2 is 2.11 bits per heavy atom. The number of rotatable bonds is 4. The maximum atomic E-state index is 11.8. The third-order valence-electron chi connectivity index (χ3n) is 2.33. The van der Waals surface area contributed by atoms with E-state index in [1.807, 2.05) is 19.1 Å². The van der Waals surface area contributed by atoms with E-state index in [0.717, 1.165) is 4.47 Å². The number of nitrogens with one attached hydrogen (secondary N) is 1. The number of carbonyl (C=O) groups is 1. The first-order valence-electron chi connectivity index (χ1n) is 5.54. The van der Waals surface area contributed by atoms with E-state index in [4.69, 9.17) is 4.52 Å². The van der Waals surface area contributed by atoms with Crippen LogP contribution in [0.5, 0.6) is 0 Å². The molecule has 6 heteroatoms. The molecule has 2 aromatic rings. The number of hydrogen-bond acceptors (Lipinski definition) is 4. The van der Waals surface area contributed by atoms with Gasteiger partial charge < -0.3 is 9.84 Å². The van der Waals surface area contributed by atoms with E-state index in [1.54, 1.807) is 12.1 Å². The predicted molar refractivity (Wildman–Crippen MR) is 69.0 cm³/mol. The molecule has 1 aromatic carbocycles. The Labute approximate surface area is 113 Å². The van der Waals surface area contributed by atoms with Crippen LogP contribution < -0.4 is 5.32 Å². The smallest absolute Gasteiger partial charge is 0.251 e. The summed E-state index contributed by atoms with van der Waals surface area (Å²) in [4.78, 5) is 15.9. The third-order valence-corrected chi connectivity index (χ3v) is 2.85. The highest BCUT2D eigenvalue weighted by Crippen LogP contribution is 2.10. The molecule has 1 N–H and O–H groups in total. The van der Waals surface area contributed by atoms with E-state index in [0.29, 0.717) is 23.7 Å². The molecule has 1 heterocycles. The lowest BCUT2D eigenvalue weighted by atomic mass is 10.2. The SMILES string of the molecule is CCc1nc(CNC(=O)c2ccc(Br)cc2)no1. The Hall–Kier alpha value is -1.69. The van der Waals surface area contributed by atoms with Crippen LogP contribution in [0.3, 0.4) is 0 Å². The summed E-state index contributed by atoms with van der Waals surface area (Å²) in [5.41, 5.74) is 0.595. The van der Waals surface area contributed by atoms with Crippen molar-refractivity contribution in [3.05, 3.63) is 46.0 Å². The van der Waals surface area contributed by atoms with Gasteiger partial charge in [0, 0.05) is 16.5 Å². The molecular formula is C12H12BrN3O2. The lowest BCUT2D eigenvalue weighted by Crippen LogP contribution is -2.23. The lowest BCUT2D eigenvalue weighted by Gasteiger charge is -2.02. The molecule has 1 amide bonds. The van der Waals surface area contributed by atoms with E-state index in [2.05, 4.69) is 31.4 Å². The average molecular weight is 310 g/mol. The van der Waals surface area contributed by atoms with Crippen LogP contribution in [0.25, 0.3) is 0 Å². The van der Waals surface area contributed by atoms with Crippen LogP contribution in [0.15, 0.2) is 33.3 Å². The minimum atomic E-state index is -0.162. The normalized spacial score (nSPS) is 10.3. The van der Waals surface area contributed by atoms with Crippen LogP contribution in [0.1, 0.15) is 29.0 Å². The van der Waals surface area contributed by atoms with Crippen molar-refractivity contribution in [2.24, 2.45) is 0 Å². The van der Waals surface area contributed by atoms with Crippen molar-refractivity contribution in [2.75, 3.05) is 0 Å². The number of hydrogen-bond donors (Lipinski definition) is 1. The van der Waals surface area contributed by atoms with E-state index in [9.17, 15) is 4.79 Å². The van der Waals surface area contributed by atoms with Gasteiger partial charge in [-0.3, -0.25) is 4.79 Å². The summed E-state index contributed by atoms with van der Waals surface area (Å²) in [5, 5.41) is 6.49. The Kier molecular flexibility index (Phi) is 4.09. The molecule has 0 aliphatic carbocycles. The van der Waals surface area contributed by atoms with Gasteiger partial charge >= 0.3 is 0 Å². The molecule has 0 unspecified atom stereocenters. The summed E-state index contributed by atoms with van der Waals surface area (Å²) in [6, 6.07) is 7.12. The first kappa shape index (κ1) is 12.8. The fourth-order valence-electron chi connectivity index (χ4n) is 1.37. The maximum Gasteiger partial charge on any atom is 0.251 e. The first-order chi connectivity index (χ1) is 8.69. The van der Waals surface area contributed by atoms with Gasteiger partial charge in [0.15, 0.2) is 5.82 Å². The number of nitrogens with zero attached hydrogens (tertiary/aromatic N) is 2. The molecule has 5 nitrogen and oxygen atoms in total. The second kappa shape index (κ2) is 5.77. The number of benzene rings is 1. The monoisotopic (exact) mass is 309 g/mol. The number of amides is 1. The Balaban J connectivity index is 1.93. The molecule has 0 bridgehead atoms. The molecule has 94 valence electrons. The molecule has 1 aromatic heterocycles. The van der Waals surface area contributed by atoms with Crippen LogP contribution in [-0.4, -0.2) is 16.0 Å². The zero-order chi connectivity index (χ0) is 13.0. The van der Waals surface area contributed by atoms with Crippen molar-refractivity contribution in [3.63, 3.8) is 0 Å². The van der Waals surface area contributed by atoms with Crippen LogP contribution in [0, 0.1) is 0 Å². The second-order valence-corrected chi connectivity index (χ2v) is 4.56. The van der Waals surface area contributed by atoms with Gasteiger partial charge in [-0.2, -0.15) is 4.98 Å². The third kappa shape index (κ3) is 3.16. The number of halogens is 1. The van der Waals surface area contributed by atoms with Crippen LogP contribution in [-0.2, 0) is 13.0 Å². The highest BCUT2D eigenvalue weighted by Gasteiger charge is 2.08. The van der Waals surface area contributed by atoms with Gasteiger partial charge in [-0.15, -0.1) is 0 Å². The molecule has 0 saturated carbocycles. The number of aryl methyl sites for hydroxylation is 1. The molecule has 0 saturated heterocycles. The van der Waals surface area contributed by atoms with Gasteiger partial charge in [-0.05, 0) is 24.3 Å². The molecule has 0 aliphatic rings. The molecule has 0 atom stereocenters. The summed E-state index contributed by atoms with van der Waals surface area (Å²) in [7, 11) is 0. The van der Waals surface area contributed by atoms with E-state index in [1.165, 1.54) is 0 Å². The largest absolute Gasteiger partial charge is 0.345 e. The molecular weight excluding hydrogens is 298 g/mol. The fourth-order valence-corrected chi connectivity index (χ4v) is 1.63. The van der Waals surface area contributed by atoms with E-state index >= 15 is 0 Å². The fraction of sp³-hybridized carbons (Fsp3) is 0.250. The Morgan fingerprint density at radius 1 is 1.39 bits per heavy atom. The minimum Gasteiger partial charge on any atom is -0.345 e. The van der Waals surface area contributed by atoms with Gasteiger partial charge in [0.2, 0.25) is 5.89 Å². The van der Waals surface area contributed by atoms with Crippen molar-refractivity contribution in [3.8, 4) is 0 Å². The topological polar surface area (TPSA) is 68.0 Å². The van der Waals surface area contributed by atoms with Gasteiger partial charge in [-0.1, -0.05) is 28.0 Å². The molecule has 0 aliphatic heterocycles. The Bertz CT molecular complexity index is 537. The van der Waals surface area contributed by atoms with Crippen LogP contribution in [0.4, 0.5) is 0 Å². The summed E-state index contributed by atoms with van der Waals surface area (Å²) < 4.78 is 5.88. The summed E-state index contributed by atoms with van der Waals surface area (Å²) in [6.07, 6.45) is 0.688. The summed E-state index contributed by atoms with van der Waals surface area (Å²) in [5.74, 6) is 0.894. The van der Waals surface area contributed by atoms with Crippen LogP contribution in [0.2, 0.25) is 0 Å². The zero-order valence-corrected chi connectivity index (χ0v) is 11.4. The molecule has 0 spiro atoms. The summed E-state index contributed by atoms with van der Waals surface area (Å²) in [6.45, 7) is 2.19. The molecule has 18 heavy (non-hydrogen) atoms. The molecule has 0 fully saturated rings. The van der Waals surface area contributed by atoms with Gasteiger partial charge in [0.25, 0.3) is 5.91 Å². The van der Waals surface area contributed by atoms with Gasteiger partial charge in [0.1, 0.15) is 0 Å². The lowest BCUT2D eigenvalue weighted by molar-refractivity contribution is 0.0949. The van der Waals surface area contributed by atoms with Gasteiger partial charge in [0.05, 0.1) is 6.54 Å². The van der Waals surface area contributed by atoms with Crippen LogP contribution >= 0.6 is 15.9 Å². The van der Waals surface area contributed by atoms with Crippen molar-refractivity contribution < 1.29 is 9.32 Å². The average Bonchev–Trinajstić information content (AvgIpc) is 2.85. The second-order valence-electron chi connectivity index (χ2n) is 3.65. The van der Waals surface area contributed by atoms with Crippen molar-refractivity contribution >= 4 is 21.8 Å². The predicted octanol–water partition coefficient (Wildman–Crippen LogP) is 2.32. The summed E-state index contributed by atoms with van der Waals surface area (Å²) >= 11 is 3.32. The standard InChI is InChI=1S/C12H12BrN3O2/c1-2-11-15-10(16-18-11)7-14-12(17)8-3-5-9(13)6-4-8/h3-6H,2,7H2,1H3,(H,14,17). The number of carbonyl (C=O) groups excluding carboxylic acids is 1. The first-order valence-corrected chi connectivity index (χ1v) is 6.33. The van der Waals surface area contributed by atoms with Gasteiger partial charge in [-0.25, -0.2) is 0 Å². The van der Waals surface area contributed by atoms with Crippen molar-refractivity contribution in [1.82, 2.24) is 15.5 Å². The maximum absolute atomic E-state index is 11.8. The quantitative estimate of drug-likeness (QED) is 0.941. The van der Waals surface area contributed by atoms with E-state index in [-0.39, 0.29) is 12.5 Å². The highest BCUT2D eigenvalue weighted by atomic mass is 79.9. The molecule has 2 rings (SSSR count). The highest BCUT2D eigenvalue weighted by molar-refractivity contribution is 9.10. The van der Waals surface area contributed by atoms with Crippen molar-refractivity contribution in [1.29, 1.82) is 0 Å². The Morgan fingerprint density at radius 3 is 2.72 bits per heavy atom. The van der Waals surface area contributed by atoms with E-state index < -0.39 is 0 Å².